The first-order chi connectivity index (χ1) is 14.4. The Hall–Kier alpha value is -3.55. The quantitative estimate of drug-likeness (QED) is 0.254. The van der Waals surface area contributed by atoms with Crippen molar-refractivity contribution in [2.75, 3.05) is 0 Å². The summed E-state index contributed by atoms with van der Waals surface area (Å²) < 4.78 is 5.71. The number of nitro benzene ring substituents is 1. The maximum atomic E-state index is 12.8. The summed E-state index contributed by atoms with van der Waals surface area (Å²) >= 11 is 0. The van der Waals surface area contributed by atoms with Crippen molar-refractivity contribution in [3.05, 3.63) is 63.9 Å². The number of carbonyl (C=O) groups excluding carboxylic acids is 2. The number of hydrazone groups is 1. The van der Waals surface area contributed by atoms with E-state index in [9.17, 15) is 19.7 Å². The molecule has 1 aromatic carbocycles. The molecule has 6 rings (SSSR count). The minimum atomic E-state index is -0.434. The first-order valence-electron chi connectivity index (χ1n) is 9.89. The van der Waals surface area contributed by atoms with Gasteiger partial charge < -0.3 is 4.42 Å². The van der Waals surface area contributed by atoms with Crippen molar-refractivity contribution in [1.29, 1.82) is 0 Å². The fraction of sp³-hybridized carbons (Fsp3) is 0.318. The Balaban J connectivity index is 1.37. The first kappa shape index (κ1) is 18.5. The lowest BCUT2D eigenvalue weighted by Crippen LogP contribution is -2.38. The molecule has 4 aliphatic rings. The van der Waals surface area contributed by atoms with Crippen LogP contribution in [0.2, 0.25) is 0 Å². The number of hydrogen-bond donors (Lipinski definition) is 0. The third kappa shape index (κ3) is 2.79. The molecule has 8 heteroatoms. The van der Waals surface area contributed by atoms with Crippen LogP contribution < -0.4 is 0 Å². The minimum absolute atomic E-state index is 0.0122. The summed E-state index contributed by atoms with van der Waals surface area (Å²) in [4.78, 5) is 36.3. The molecule has 3 aliphatic carbocycles. The molecule has 4 unspecified atom stereocenters. The molecular formula is C22H19N3O5. The molecule has 2 bridgehead atoms. The second-order valence-electron chi connectivity index (χ2n) is 8.03. The largest absolute Gasteiger partial charge is 0.455 e. The van der Waals surface area contributed by atoms with Crippen LogP contribution in [0.5, 0.6) is 0 Å². The maximum absolute atomic E-state index is 12.8. The van der Waals surface area contributed by atoms with E-state index in [2.05, 4.69) is 17.3 Å². The van der Waals surface area contributed by atoms with Gasteiger partial charge in [0.2, 0.25) is 0 Å². The van der Waals surface area contributed by atoms with Crippen LogP contribution in [0.3, 0.4) is 0 Å². The number of amides is 2. The lowest BCUT2D eigenvalue weighted by Gasteiger charge is -2.37. The molecule has 0 N–H and O–H groups in total. The number of fused-ring (bicyclic) bond motifs is 1. The zero-order valence-electron chi connectivity index (χ0n) is 16.2. The normalized spacial score (nSPS) is 27.3. The van der Waals surface area contributed by atoms with Gasteiger partial charge in [0, 0.05) is 17.2 Å². The number of hydrogen-bond acceptors (Lipinski definition) is 6. The van der Waals surface area contributed by atoms with Gasteiger partial charge in [0.1, 0.15) is 11.5 Å². The second-order valence-corrected chi connectivity index (χ2v) is 8.03. The lowest BCUT2D eigenvalue weighted by molar-refractivity contribution is -0.385. The van der Waals surface area contributed by atoms with Gasteiger partial charge in [-0.3, -0.25) is 19.7 Å². The Morgan fingerprint density at radius 3 is 2.37 bits per heavy atom. The van der Waals surface area contributed by atoms with Crippen LogP contribution in [0.15, 0.2) is 52.0 Å². The fourth-order valence-corrected chi connectivity index (χ4v) is 4.82. The van der Waals surface area contributed by atoms with E-state index in [0.29, 0.717) is 22.6 Å². The van der Waals surface area contributed by atoms with Crippen molar-refractivity contribution in [1.82, 2.24) is 5.01 Å². The van der Waals surface area contributed by atoms with Gasteiger partial charge in [-0.25, -0.2) is 0 Å². The van der Waals surface area contributed by atoms with E-state index >= 15 is 0 Å². The highest BCUT2D eigenvalue weighted by Crippen LogP contribution is 2.49. The standard InChI is InChI=1S/C22H19N3O5/c1-12-2-3-15(10-17(12)25(28)29)18-9-8-16(30-18)11-23-24-21(26)19-13-4-5-14(7-6-13)20(19)22(24)27/h2-5,8-11,13-14,19-20H,6-7H2,1H3. The molecule has 1 saturated heterocycles. The van der Waals surface area contributed by atoms with E-state index in [1.54, 1.807) is 31.2 Å². The zero-order chi connectivity index (χ0) is 21.0. The first-order valence-corrected chi connectivity index (χ1v) is 9.89. The van der Waals surface area contributed by atoms with Gasteiger partial charge in [0.05, 0.1) is 23.0 Å². The Kier molecular flexibility index (Phi) is 4.16. The van der Waals surface area contributed by atoms with Crippen LogP contribution >= 0.6 is 0 Å². The Bertz CT molecular complexity index is 1100. The van der Waals surface area contributed by atoms with Gasteiger partial charge in [0.15, 0.2) is 0 Å². The SMILES string of the molecule is Cc1ccc(-c2ccc(C=NN3C(=O)C4C5C=CC(CC5)C4C3=O)o2)cc1[N+](=O)[O-]. The molecule has 1 aromatic heterocycles. The molecule has 2 amide bonds. The monoisotopic (exact) mass is 405 g/mol. The highest BCUT2D eigenvalue weighted by atomic mass is 16.6. The molecule has 2 heterocycles. The second kappa shape index (κ2) is 6.76. The van der Waals surface area contributed by atoms with E-state index in [1.165, 1.54) is 12.3 Å². The van der Waals surface area contributed by atoms with E-state index in [4.69, 9.17) is 4.42 Å². The Morgan fingerprint density at radius 1 is 1.10 bits per heavy atom. The molecule has 0 spiro atoms. The predicted octanol–water partition coefficient (Wildman–Crippen LogP) is 3.69. The number of benzene rings is 1. The minimum Gasteiger partial charge on any atom is -0.455 e. The third-order valence-corrected chi connectivity index (χ3v) is 6.35. The number of nitrogens with zero attached hydrogens (tertiary/aromatic N) is 3. The predicted molar refractivity (Wildman–Crippen MR) is 107 cm³/mol. The van der Waals surface area contributed by atoms with Crippen LogP contribution in [-0.4, -0.2) is 28.0 Å². The van der Waals surface area contributed by atoms with Crippen molar-refractivity contribution in [3.8, 4) is 11.3 Å². The summed E-state index contributed by atoms with van der Waals surface area (Å²) in [6.07, 6.45) is 7.33. The lowest BCUT2D eigenvalue weighted by atomic mass is 9.63. The van der Waals surface area contributed by atoms with Crippen LogP contribution in [0.4, 0.5) is 5.69 Å². The van der Waals surface area contributed by atoms with Crippen molar-refractivity contribution < 1.29 is 18.9 Å². The summed E-state index contributed by atoms with van der Waals surface area (Å²) in [6, 6.07) is 8.18. The average Bonchev–Trinajstić information content (AvgIpc) is 3.32. The smallest absolute Gasteiger partial charge is 0.273 e. The number of nitro groups is 1. The van der Waals surface area contributed by atoms with Gasteiger partial charge >= 0.3 is 0 Å². The van der Waals surface area contributed by atoms with Crippen LogP contribution in [0.25, 0.3) is 11.3 Å². The van der Waals surface area contributed by atoms with Gasteiger partial charge in [0.25, 0.3) is 17.5 Å². The topological polar surface area (TPSA) is 106 Å². The summed E-state index contributed by atoms with van der Waals surface area (Å²) in [5.41, 5.74) is 1.14. The number of carbonyl (C=O) groups is 2. The molecular weight excluding hydrogens is 386 g/mol. The van der Waals surface area contributed by atoms with Crippen molar-refractivity contribution in [2.24, 2.45) is 28.8 Å². The fourth-order valence-electron chi connectivity index (χ4n) is 4.82. The number of aryl methyl sites for hydroxylation is 1. The Morgan fingerprint density at radius 2 is 1.77 bits per heavy atom. The number of imide groups is 1. The highest BCUT2D eigenvalue weighted by molar-refractivity contribution is 6.06. The van der Waals surface area contributed by atoms with E-state index in [0.717, 1.165) is 17.9 Å². The number of rotatable bonds is 4. The van der Waals surface area contributed by atoms with E-state index < -0.39 is 4.92 Å². The zero-order valence-corrected chi connectivity index (χ0v) is 16.2. The molecule has 0 radical (unpaired) electrons. The average molecular weight is 405 g/mol. The van der Waals surface area contributed by atoms with Crippen molar-refractivity contribution >= 4 is 23.7 Å². The summed E-state index contributed by atoms with van der Waals surface area (Å²) in [5.74, 6) is -0.0902. The van der Waals surface area contributed by atoms with Gasteiger partial charge in [-0.1, -0.05) is 24.3 Å². The summed E-state index contributed by atoms with van der Waals surface area (Å²) in [5, 5.41) is 16.3. The number of furan rings is 1. The summed E-state index contributed by atoms with van der Waals surface area (Å²) in [7, 11) is 0. The molecule has 2 aromatic rings. The van der Waals surface area contributed by atoms with Crippen LogP contribution in [0.1, 0.15) is 24.2 Å². The molecule has 1 aliphatic heterocycles. The highest BCUT2D eigenvalue weighted by Gasteiger charge is 2.56. The molecule has 1 saturated carbocycles. The van der Waals surface area contributed by atoms with Crippen molar-refractivity contribution in [3.63, 3.8) is 0 Å². The van der Waals surface area contributed by atoms with Gasteiger partial charge in [-0.2, -0.15) is 10.1 Å². The Labute approximate surface area is 172 Å². The van der Waals surface area contributed by atoms with Gasteiger partial charge in [-0.15, -0.1) is 0 Å². The van der Waals surface area contributed by atoms with E-state index in [-0.39, 0.29) is 41.2 Å². The van der Waals surface area contributed by atoms with Gasteiger partial charge in [-0.05, 0) is 43.7 Å². The maximum Gasteiger partial charge on any atom is 0.273 e. The summed E-state index contributed by atoms with van der Waals surface area (Å²) in [6.45, 7) is 1.67. The molecule has 30 heavy (non-hydrogen) atoms. The molecule has 152 valence electrons. The molecule has 8 nitrogen and oxygen atoms in total. The van der Waals surface area contributed by atoms with E-state index in [1.807, 2.05) is 0 Å². The molecule has 4 atom stereocenters. The van der Waals surface area contributed by atoms with Crippen LogP contribution in [-0.2, 0) is 9.59 Å². The molecule has 2 fully saturated rings. The van der Waals surface area contributed by atoms with Crippen molar-refractivity contribution in [2.45, 2.75) is 19.8 Å². The number of allylic oxidation sites excluding steroid dienone is 2. The third-order valence-electron chi connectivity index (χ3n) is 6.35. The van der Waals surface area contributed by atoms with Crippen LogP contribution in [0, 0.1) is 40.7 Å².